The third-order valence-electron chi connectivity index (χ3n) is 1.22. The molecule has 0 aromatic carbocycles. The van der Waals surface area contributed by atoms with E-state index in [1.807, 2.05) is 0 Å². The molecule has 0 saturated heterocycles. The van der Waals surface area contributed by atoms with Crippen LogP contribution in [0.2, 0.25) is 0 Å². The van der Waals surface area contributed by atoms with E-state index in [0.29, 0.717) is 0 Å². The highest BCUT2D eigenvalue weighted by Gasteiger charge is 2.09. The average molecular weight is 157 g/mol. The van der Waals surface area contributed by atoms with Gasteiger partial charge in [0.2, 0.25) is 0 Å². The van der Waals surface area contributed by atoms with Crippen molar-refractivity contribution >= 4 is 11.9 Å². The predicted molar refractivity (Wildman–Crippen MR) is 39.9 cm³/mol. The van der Waals surface area contributed by atoms with E-state index in [-0.39, 0.29) is 18.3 Å². The van der Waals surface area contributed by atoms with Crippen LogP contribution in [0.1, 0.15) is 6.92 Å². The van der Waals surface area contributed by atoms with Crippen molar-refractivity contribution in [2.75, 3.05) is 6.61 Å². The molecule has 0 rings (SSSR count). The number of carbonyl (C=O) groups excluding carboxylic acids is 2. The fraction of sp³-hybridized carbons (Fsp3) is 0.429. The Labute approximate surface area is 65.0 Å². The summed E-state index contributed by atoms with van der Waals surface area (Å²) in [5.74, 6) is -0.506. The van der Waals surface area contributed by atoms with Crippen LogP contribution in [0.3, 0.4) is 0 Å². The first-order valence-electron chi connectivity index (χ1n) is 3.15. The highest BCUT2D eigenvalue weighted by molar-refractivity contribution is 5.84. The van der Waals surface area contributed by atoms with E-state index in [2.05, 4.69) is 17.0 Å². The highest BCUT2D eigenvalue weighted by atomic mass is 16.5. The maximum Gasteiger partial charge on any atom is 0.404 e. The van der Waals surface area contributed by atoms with Gasteiger partial charge in [-0.25, -0.2) is 4.79 Å². The fourth-order valence-corrected chi connectivity index (χ4v) is 0.405. The Balaban J connectivity index is 3.69. The number of Topliss-reactive ketones (excluding diaryl/α,β-unsaturated/α-hetero) is 1. The van der Waals surface area contributed by atoms with Gasteiger partial charge in [0, 0.05) is 5.92 Å². The van der Waals surface area contributed by atoms with Crippen LogP contribution < -0.4 is 5.73 Å². The minimum Gasteiger partial charge on any atom is -0.442 e. The molecule has 0 aliphatic carbocycles. The standard InChI is InChI=1S/C7H11NO3/c1-3-5(2)6(9)4-11-7(8)10/h3,5H,1,4H2,2H3,(H2,8,10)/t5-/m1/s1. The summed E-state index contributed by atoms with van der Waals surface area (Å²) in [6.07, 6.45) is 0.543. The van der Waals surface area contributed by atoms with Gasteiger partial charge in [0.05, 0.1) is 0 Å². The zero-order chi connectivity index (χ0) is 8.85. The van der Waals surface area contributed by atoms with E-state index in [1.165, 1.54) is 6.08 Å². The molecule has 0 bridgehead atoms. The van der Waals surface area contributed by atoms with Gasteiger partial charge >= 0.3 is 6.09 Å². The summed E-state index contributed by atoms with van der Waals surface area (Å²) in [6.45, 7) is 4.81. The number of hydrogen-bond donors (Lipinski definition) is 1. The lowest BCUT2D eigenvalue weighted by atomic mass is 10.1. The Kier molecular flexibility index (Phi) is 3.95. The Hall–Kier alpha value is -1.32. The molecule has 0 fully saturated rings. The minimum atomic E-state index is -0.936. The predicted octanol–water partition coefficient (Wildman–Crippen LogP) is 0.473. The molecule has 0 saturated carbocycles. The first-order chi connectivity index (χ1) is 5.07. The van der Waals surface area contributed by atoms with E-state index in [1.54, 1.807) is 6.92 Å². The van der Waals surface area contributed by atoms with Gasteiger partial charge in [0.1, 0.15) is 0 Å². The van der Waals surface area contributed by atoms with Crippen LogP contribution in [-0.2, 0) is 9.53 Å². The van der Waals surface area contributed by atoms with Crippen molar-refractivity contribution < 1.29 is 14.3 Å². The van der Waals surface area contributed by atoms with Gasteiger partial charge in [-0.2, -0.15) is 0 Å². The molecule has 0 aliphatic rings. The number of primary amides is 1. The van der Waals surface area contributed by atoms with Crippen LogP contribution >= 0.6 is 0 Å². The lowest BCUT2D eigenvalue weighted by molar-refractivity contribution is -0.123. The van der Waals surface area contributed by atoms with Crippen molar-refractivity contribution in [1.82, 2.24) is 0 Å². The van der Waals surface area contributed by atoms with Crippen molar-refractivity contribution in [3.05, 3.63) is 12.7 Å². The summed E-state index contributed by atoms with van der Waals surface area (Å²) in [6, 6.07) is 0. The number of amides is 1. The maximum absolute atomic E-state index is 10.9. The maximum atomic E-state index is 10.9. The monoisotopic (exact) mass is 157 g/mol. The molecule has 0 aliphatic heterocycles. The van der Waals surface area contributed by atoms with E-state index in [0.717, 1.165) is 0 Å². The lowest BCUT2D eigenvalue weighted by Crippen LogP contribution is -2.21. The summed E-state index contributed by atoms with van der Waals surface area (Å²) < 4.78 is 4.27. The number of carbonyl (C=O) groups is 2. The van der Waals surface area contributed by atoms with E-state index >= 15 is 0 Å². The van der Waals surface area contributed by atoms with Crippen molar-refractivity contribution in [3.8, 4) is 0 Å². The number of nitrogens with two attached hydrogens (primary N) is 1. The van der Waals surface area contributed by atoms with Crippen molar-refractivity contribution in [2.24, 2.45) is 11.7 Å². The van der Waals surface area contributed by atoms with Gasteiger partial charge in [-0.05, 0) is 0 Å². The molecule has 1 atom stereocenters. The molecular formula is C7H11NO3. The topological polar surface area (TPSA) is 69.4 Å². The van der Waals surface area contributed by atoms with Gasteiger partial charge in [0.15, 0.2) is 12.4 Å². The van der Waals surface area contributed by atoms with Gasteiger partial charge in [-0.1, -0.05) is 13.0 Å². The van der Waals surface area contributed by atoms with E-state index in [4.69, 9.17) is 0 Å². The zero-order valence-corrected chi connectivity index (χ0v) is 6.37. The van der Waals surface area contributed by atoms with Crippen LogP contribution in [0, 0.1) is 5.92 Å². The highest BCUT2D eigenvalue weighted by Crippen LogP contribution is 1.97. The largest absolute Gasteiger partial charge is 0.442 e. The first-order valence-corrected chi connectivity index (χ1v) is 3.15. The normalized spacial score (nSPS) is 11.7. The smallest absolute Gasteiger partial charge is 0.404 e. The van der Waals surface area contributed by atoms with Gasteiger partial charge in [-0.15, -0.1) is 6.58 Å². The first kappa shape index (κ1) is 9.68. The molecule has 1 amide bonds. The molecule has 0 aromatic rings. The number of ketones is 1. The molecule has 2 N–H and O–H groups in total. The minimum absolute atomic E-state index is 0.209. The van der Waals surface area contributed by atoms with Crippen LogP contribution in [-0.4, -0.2) is 18.5 Å². The quantitative estimate of drug-likeness (QED) is 0.603. The van der Waals surface area contributed by atoms with Gasteiger partial charge < -0.3 is 10.5 Å². The molecule has 11 heavy (non-hydrogen) atoms. The van der Waals surface area contributed by atoms with Crippen molar-refractivity contribution in [3.63, 3.8) is 0 Å². The zero-order valence-electron chi connectivity index (χ0n) is 6.37. The Morgan fingerprint density at radius 1 is 1.73 bits per heavy atom. The molecule has 0 heterocycles. The average Bonchev–Trinajstić information content (AvgIpc) is 1.98. The second kappa shape index (κ2) is 4.49. The Morgan fingerprint density at radius 2 is 2.27 bits per heavy atom. The van der Waals surface area contributed by atoms with Crippen molar-refractivity contribution in [1.29, 1.82) is 0 Å². The number of ether oxygens (including phenoxy) is 1. The van der Waals surface area contributed by atoms with Crippen LogP contribution in [0.25, 0.3) is 0 Å². The summed E-state index contributed by atoms with van der Waals surface area (Å²) in [5.41, 5.74) is 4.64. The van der Waals surface area contributed by atoms with E-state index < -0.39 is 6.09 Å². The molecular weight excluding hydrogens is 146 g/mol. The molecule has 0 spiro atoms. The summed E-state index contributed by atoms with van der Waals surface area (Å²) in [4.78, 5) is 20.9. The molecule has 0 radical (unpaired) electrons. The van der Waals surface area contributed by atoms with Gasteiger partial charge in [-0.3, -0.25) is 4.79 Å². The van der Waals surface area contributed by atoms with E-state index in [9.17, 15) is 9.59 Å². The van der Waals surface area contributed by atoms with Crippen LogP contribution in [0.15, 0.2) is 12.7 Å². The molecule has 0 aromatic heterocycles. The number of rotatable bonds is 4. The Morgan fingerprint density at radius 3 is 2.64 bits per heavy atom. The van der Waals surface area contributed by atoms with Crippen LogP contribution in [0.4, 0.5) is 4.79 Å². The SMILES string of the molecule is C=C[C@@H](C)C(=O)COC(N)=O. The fourth-order valence-electron chi connectivity index (χ4n) is 0.405. The lowest BCUT2D eigenvalue weighted by Gasteiger charge is -2.03. The molecule has 62 valence electrons. The van der Waals surface area contributed by atoms with Gasteiger partial charge in [0.25, 0.3) is 0 Å². The molecule has 4 nitrogen and oxygen atoms in total. The molecule has 4 heteroatoms. The van der Waals surface area contributed by atoms with Crippen molar-refractivity contribution in [2.45, 2.75) is 6.92 Å². The second-order valence-electron chi connectivity index (χ2n) is 2.10. The Bertz CT molecular complexity index is 177. The molecule has 0 unspecified atom stereocenters. The number of hydrogen-bond acceptors (Lipinski definition) is 3. The third kappa shape index (κ3) is 4.13. The second-order valence-corrected chi connectivity index (χ2v) is 2.10. The summed E-state index contributed by atoms with van der Waals surface area (Å²) >= 11 is 0. The summed E-state index contributed by atoms with van der Waals surface area (Å²) in [7, 11) is 0. The van der Waals surface area contributed by atoms with Crippen LogP contribution in [0.5, 0.6) is 0 Å². The summed E-state index contributed by atoms with van der Waals surface area (Å²) in [5, 5.41) is 0. The number of allylic oxidation sites excluding steroid dienone is 1. The third-order valence-corrected chi connectivity index (χ3v) is 1.22.